The number of benzene rings is 4. The first kappa shape index (κ1) is 35.1. The number of hydrogen-bond donors (Lipinski definition) is 6. The molecule has 240 valence electrons. The SMILES string of the molecule is Cn1c([C@@H]2O[C@H](CO)[C@@H](O)[C@H]2O)nc2ccccc21.O=C(O)c1ccccc1.O=C(O)c1ccccc1.O=C(O)c1ccccc1. The van der Waals surface area contributed by atoms with Crippen LogP contribution in [0.4, 0.5) is 0 Å². The lowest BCUT2D eigenvalue weighted by Crippen LogP contribution is -2.32. The number of carboxylic acid groups (broad SMARTS) is 3. The first-order valence-electron chi connectivity index (χ1n) is 13.9. The minimum absolute atomic E-state index is 0.331. The number of carbonyl (C=O) groups is 3. The number of rotatable bonds is 5. The molecule has 2 heterocycles. The largest absolute Gasteiger partial charge is 0.478 e. The highest BCUT2D eigenvalue weighted by atomic mass is 16.6. The van der Waals surface area contributed by atoms with Crippen molar-refractivity contribution >= 4 is 28.9 Å². The molecule has 6 rings (SSSR count). The number of aliphatic hydroxyl groups is 3. The summed E-state index contributed by atoms with van der Waals surface area (Å²) >= 11 is 0. The van der Waals surface area contributed by atoms with E-state index < -0.39 is 42.3 Å². The predicted molar refractivity (Wildman–Crippen MR) is 168 cm³/mol. The summed E-state index contributed by atoms with van der Waals surface area (Å²) in [5, 5.41) is 54.1. The first-order valence-corrected chi connectivity index (χ1v) is 13.9. The lowest BCUT2D eigenvalue weighted by atomic mass is 10.1. The number of para-hydroxylation sites is 2. The van der Waals surface area contributed by atoms with Gasteiger partial charge in [-0.15, -0.1) is 0 Å². The zero-order chi connectivity index (χ0) is 33.6. The molecule has 1 aliphatic rings. The third kappa shape index (κ3) is 9.55. The fourth-order valence-electron chi connectivity index (χ4n) is 4.27. The van der Waals surface area contributed by atoms with Gasteiger partial charge >= 0.3 is 17.9 Å². The molecule has 12 heteroatoms. The average Bonchev–Trinajstić information content (AvgIpc) is 3.57. The van der Waals surface area contributed by atoms with Gasteiger partial charge in [0.2, 0.25) is 0 Å². The number of fused-ring (bicyclic) bond motifs is 1. The minimum Gasteiger partial charge on any atom is -0.478 e. The number of aliphatic hydroxyl groups excluding tert-OH is 3. The summed E-state index contributed by atoms with van der Waals surface area (Å²) in [6.45, 7) is -0.335. The highest BCUT2D eigenvalue weighted by molar-refractivity contribution is 5.88. The van der Waals surface area contributed by atoms with E-state index in [1.54, 1.807) is 91.0 Å². The van der Waals surface area contributed by atoms with Crippen LogP contribution in [0.25, 0.3) is 11.0 Å². The van der Waals surface area contributed by atoms with Crippen LogP contribution < -0.4 is 0 Å². The molecule has 0 bridgehead atoms. The molecule has 0 radical (unpaired) electrons. The normalized spacial score (nSPS) is 18.1. The number of carboxylic acids is 3. The molecule has 0 saturated carbocycles. The van der Waals surface area contributed by atoms with E-state index >= 15 is 0 Å². The van der Waals surface area contributed by atoms with Crippen LogP contribution in [0, 0.1) is 0 Å². The molecule has 12 nitrogen and oxygen atoms in total. The molecule has 4 aromatic carbocycles. The highest BCUT2D eigenvalue weighted by Crippen LogP contribution is 2.34. The van der Waals surface area contributed by atoms with Crippen molar-refractivity contribution in [1.82, 2.24) is 9.55 Å². The Bertz CT molecular complexity index is 1580. The molecule has 46 heavy (non-hydrogen) atoms. The molecular formula is C34H34N2O10. The van der Waals surface area contributed by atoms with E-state index in [9.17, 15) is 24.6 Å². The first-order chi connectivity index (χ1) is 22.0. The zero-order valence-corrected chi connectivity index (χ0v) is 24.7. The molecule has 4 atom stereocenters. The minimum atomic E-state index is -1.10. The summed E-state index contributed by atoms with van der Waals surface area (Å²) in [6, 6.07) is 32.5. The van der Waals surface area contributed by atoms with Crippen LogP contribution in [0.1, 0.15) is 43.0 Å². The van der Waals surface area contributed by atoms with Crippen molar-refractivity contribution < 1.29 is 49.8 Å². The predicted octanol–water partition coefficient (Wildman–Crippen LogP) is 3.88. The number of aryl methyl sites for hydroxylation is 1. The lowest BCUT2D eigenvalue weighted by Gasteiger charge is -2.14. The number of ether oxygens (including phenoxy) is 1. The highest BCUT2D eigenvalue weighted by Gasteiger charge is 2.45. The van der Waals surface area contributed by atoms with Gasteiger partial charge in [-0.1, -0.05) is 66.7 Å². The van der Waals surface area contributed by atoms with Crippen LogP contribution in [-0.4, -0.2) is 83.0 Å². The molecule has 0 amide bonds. The monoisotopic (exact) mass is 630 g/mol. The van der Waals surface area contributed by atoms with Crippen LogP contribution in [-0.2, 0) is 11.8 Å². The topological polar surface area (TPSA) is 200 Å². The zero-order valence-electron chi connectivity index (χ0n) is 24.7. The second-order valence-electron chi connectivity index (χ2n) is 9.79. The van der Waals surface area contributed by atoms with E-state index in [0.717, 1.165) is 11.0 Å². The summed E-state index contributed by atoms with van der Waals surface area (Å²) in [5.41, 5.74) is 2.72. The summed E-state index contributed by atoms with van der Waals surface area (Å²) in [4.78, 5) is 35.0. The van der Waals surface area contributed by atoms with Gasteiger partial charge in [0.25, 0.3) is 0 Å². The lowest BCUT2D eigenvalue weighted by molar-refractivity contribution is -0.0259. The summed E-state index contributed by atoms with van der Waals surface area (Å²) in [5.74, 6) is -2.09. The second-order valence-corrected chi connectivity index (χ2v) is 9.79. The standard InChI is InChI=1S/C13H16N2O4.3C7H6O2/c1-15-8-5-3-2-4-7(8)14-13(15)12-11(18)10(17)9(6-16)19-12;3*8-7(9)6-4-2-1-3-5-6/h2-5,9-12,16-18H,6H2,1H3;3*1-5H,(H,8,9)/t9-,10-,11-,12-;;;/m1.../s1. The maximum Gasteiger partial charge on any atom is 0.335 e. The van der Waals surface area contributed by atoms with E-state index in [4.69, 9.17) is 25.2 Å². The van der Waals surface area contributed by atoms with E-state index in [0.29, 0.717) is 22.5 Å². The van der Waals surface area contributed by atoms with E-state index in [2.05, 4.69) is 4.98 Å². The van der Waals surface area contributed by atoms with Gasteiger partial charge < -0.3 is 39.9 Å². The van der Waals surface area contributed by atoms with Crippen LogP contribution in [0.15, 0.2) is 115 Å². The van der Waals surface area contributed by atoms with Gasteiger partial charge in [0.15, 0.2) is 0 Å². The van der Waals surface area contributed by atoms with Crippen LogP contribution in [0.5, 0.6) is 0 Å². The Labute approximate surface area is 264 Å². The maximum atomic E-state index is 10.2. The van der Waals surface area contributed by atoms with Gasteiger partial charge in [0.1, 0.15) is 30.2 Å². The summed E-state index contributed by atoms with van der Waals surface area (Å²) in [7, 11) is 1.83. The molecule has 6 N–H and O–H groups in total. The van der Waals surface area contributed by atoms with Crippen molar-refractivity contribution in [1.29, 1.82) is 0 Å². The van der Waals surface area contributed by atoms with Gasteiger partial charge in [0.05, 0.1) is 34.3 Å². The van der Waals surface area contributed by atoms with Gasteiger partial charge in [-0.3, -0.25) is 0 Å². The Hall–Kier alpha value is -5.40. The van der Waals surface area contributed by atoms with Crippen molar-refractivity contribution in [2.75, 3.05) is 6.61 Å². The van der Waals surface area contributed by atoms with Crippen molar-refractivity contribution in [3.8, 4) is 0 Å². The third-order valence-corrected chi connectivity index (χ3v) is 6.68. The number of imidazole rings is 1. The Morgan fingerprint density at radius 2 is 1.04 bits per heavy atom. The van der Waals surface area contributed by atoms with Gasteiger partial charge in [-0.25, -0.2) is 19.4 Å². The molecule has 0 spiro atoms. The smallest absolute Gasteiger partial charge is 0.335 e. The third-order valence-electron chi connectivity index (χ3n) is 6.68. The molecule has 5 aromatic rings. The van der Waals surface area contributed by atoms with Crippen LogP contribution >= 0.6 is 0 Å². The molecule has 0 aliphatic carbocycles. The Balaban J connectivity index is 0.000000181. The Morgan fingerprint density at radius 3 is 1.37 bits per heavy atom. The summed E-state index contributed by atoms with van der Waals surface area (Å²) in [6.07, 6.45) is -3.70. The Morgan fingerprint density at radius 1 is 0.652 bits per heavy atom. The Kier molecular flexibility index (Phi) is 13.1. The summed E-state index contributed by atoms with van der Waals surface area (Å²) < 4.78 is 7.33. The molecule has 1 saturated heterocycles. The van der Waals surface area contributed by atoms with Crippen LogP contribution in [0.3, 0.4) is 0 Å². The van der Waals surface area contributed by atoms with Crippen molar-refractivity contribution in [2.45, 2.75) is 24.4 Å². The van der Waals surface area contributed by atoms with E-state index in [-0.39, 0.29) is 6.61 Å². The molecule has 0 unspecified atom stereocenters. The average molecular weight is 631 g/mol. The van der Waals surface area contributed by atoms with E-state index in [1.807, 2.05) is 35.9 Å². The van der Waals surface area contributed by atoms with Gasteiger partial charge in [0, 0.05) is 7.05 Å². The molecule has 1 aliphatic heterocycles. The van der Waals surface area contributed by atoms with Crippen molar-refractivity contribution in [3.63, 3.8) is 0 Å². The number of nitrogens with zero attached hydrogens (tertiary/aromatic N) is 2. The van der Waals surface area contributed by atoms with Gasteiger partial charge in [-0.05, 0) is 48.5 Å². The fourth-order valence-corrected chi connectivity index (χ4v) is 4.27. The van der Waals surface area contributed by atoms with Crippen LogP contribution in [0.2, 0.25) is 0 Å². The van der Waals surface area contributed by atoms with Gasteiger partial charge in [-0.2, -0.15) is 0 Å². The number of hydrogen-bond acceptors (Lipinski definition) is 8. The van der Waals surface area contributed by atoms with Crippen molar-refractivity contribution in [2.24, 2.45) is 7.05 Å². The number of aromatic nitrogens is 2. The quantitative estimate of drug-likeness (QED) is 0.165. The van der Waals surface area contributed by atoms with E-state index in [1.165, 1.54) is 0 Å². The molecule has 1 aromatic heterocycles. The molecular weight excluding hydrogens is 596 g/mol. The number of aromatic carboxylic acids is 3. The second kappa shape index (κ2) is 17.2. The fraction of sp³-hybridized carbons (Fsp3) is 0.176. The molecule has 1 fully saturated rings. The van der Waals surface area contributed by atoms with Crippen molar-refractivity contribution in [3.05, 3.63) is 138 Å². The maximum absolute atomic E-state index is 10.2.